The highest BCUT2D eigenvalue weighted by atomic mass is 16.5. The number of benzene rings is 2. The summed E-state index contributed by atoms with van der Waals surface area (Å²) in [6.07, 6.45) is 1.71. The monoisotopic (exact) mass is 466 g/mol. The van der Waals surface area contributed by atoms with Gasteiger partial charge >= 0.3 is 12.1 Å². The minimum atomic E-state index is -1.14. The highest BCUT2D eigenvalue weighted by molar-refractivity contribution is 5.93. The molecule has 1 unspecified atom stereocenters. The lowest BCUT2D eigenvalue weighted by molar-refractivity contribution is -0.144. The van der Waals surface area contributed by atoms with Gasteiger partial charge in [0.2, 0.25) is 5.91 Å². The highest BCUT2D eigenvalue weighted by Crippen LogP contribution is 2.44. The number of carboxylic acids is 1. The SMILES string of the molecule is COCCCC(NC(=O)C1(NC(=O)OCC2c3ccccc3-c3ccccc32)CCC1)C(=O)O. The zero-order valence-electron chi connectivity index (χ0n) is 19.2. The number of hydrogen-bond acceptors (Lipinski definition) is 5. The Hall–Kier alpha value is -3.39. The van der Waals surface area contributed by atoms with Crippen molar-refractivity contribution in [3.05, 3.63) is 59.7 Å². The number of methoxy groups -OCH3 is 1. The molecule has 0 heterocycles. The maximum atomic E-state index is 12.9. The minimum Gasteiger partial charge on any atom is -0.480 e. The smallest absolute Gasteiger partial charge is 0.408 e. The van der Waals surface area contributed by atoms with Gasteiger partial charge in [-0.25, -0.2) is 9.59 Å². The second-order valence-electron chi connectivity index (χ2n) is 8.89. The molecule has 34 heavy (non-hydrogen) atoms. The first-order valence-corrected chi connectivity index (χ1v) is 11.6. The Kier molecular flexibility index (Phi) is 7.17. The number of carbonyl (C=O) groups excluding carboxylic acids is 2. The van der Waals surface area contributed by atoms with Crippen LogP contribution >= 0.6 is 0 Å². The Bertz CT molecular complexity index is 1020. The number of ether oxygens (including phenoxy) is 2. The molecule has 0 saturated heterocycles. The fourth-order valence-corrected chi connectivity index (χ4v) is 4.75. The molecule has 0 aromatic heterocycles. The Labute approximate surface area is 198 Å². The summed E-state index contributed by atoms with van der Waals surface area (Å²) < 4.78 is 10.6. The number of fused-ring (bicyclic) bond motifs is 3. The molecule has 2 aromatic rings. The van der Waals surface area contributed by atoms with Crippen molar-refractivity contribution in [2.24, 2.45) is 0 Å². The van der Waals surface area contributed by atoms with Crippen LogP contribution in [-0.2, 0) is 19.1 Å². The quantitative estimate of drug-likeness (QED) is 0.462. The number of amides is 2. The van der Waals surface area contributed by atoms with E-state index in [1.165, 1.54) is 7.11 Å². The highest BCUT2D eigenvalue weighted by Gasteiger charge is 2.47. The Morgan fingerprint density at radius 3 is 2.21 bits per heavy atom. The van der Waals surface area contributed by atoms with E-state index in [9.17, 15) is 19.5 Å². The molecule has 2 aliphatic rings. The van der Waals surface area contributed by atoms with Crippen LogP contribution in [-0.4, -0.2) is 55.0 Å². The van der Waals surface area contributed by atoms with E-state index in [1.54, 1.807) is 0 Å². The number of nitrogens with one attached hydrogen (secondary N) is 2. The number of hydrogen-bond donors (Lipinski definition) is 3. The van der Waals surface area contributed by atoms with Gasteiger partial charge in [-0.05, 0) is 54.4 Å². The molecule has 0 radical (unpaired) electrons. The van der Waals surface area contributed by atoms with E-state index < -0.39 is 29.6 Å². The second kappa shape index (κ2) is 10.3. The molecule has 8 nitrogen and oxygen atoms in total. The molecule has 180 valence electrons. The molecule has 0 bridgehead atoms. The Morgan fingerprint density at radius 2 is 1.68 bits per heavy atom. The van der Waals surface area contributed by atoms with Crippen molar-refractivity contribution in [2.45, 2.75) is 49.6 Å². The number of carbonyl (C=O) groups is 3. The molecule has 2 amide bonds. The van der Waals surface area contributed by atoms with E-state index in [1.807, 2.05) is 36.4 Å². The zero-order valence-corrected chi connectivity index (χ0v) is 19.2. The van der Waals surface area contributed by atoms with Gasteiger partial charge in [0.15, 0.2) is 0 Å². The van der Waals surface area contributed by atoms with E-state index >= 15 is 0 Å². The molecule has 0 spiro atoms. The van der Waals surface area contributed by atoms with Crippen LogP contribution in [0.25, 0.3) is 11.1 Å². The van der Waals surface area contributed by atoms with Gasteiger partial charge in [0.1, 0.15) is 18.2 Å². The lowest BCUT2D eigenvalue weighted by Crippen LogP contribution is -2.64. The van der Waals surface area contributed by atoms with Gasteiger partial charge in [-0.2, -0.15) is 0 Å². The zero-order chi connectivity index (χ0) is 24.1. The molecule has 8 heteroatoms. The van der Waals surface area contributed by atoms with Crippen LogP contribution in [0.1, 0.15) is 49.1 Å². The van der Waals surface area contributed by atoms with Crippen LogP contribution in [0.2, 0.25) is 0 Å². The van der Waals surface area contributed by atoms with E-state index in [4.69, 9.17) is 9.47 Å². The summed E-state index contributed by atoms with van der Waals surface area (Å²) in [4.78, 5) is 37.2. The summed E-state index contributed by atoms with van der Waals surface area (Å²) in [7, 11) is 1.54. The maximum Gasteiger partial charge on any atom is 0.408 e. The standard InChI is InChI=1S/C26H30N2O6/c1-33-15-6-12-22(23(29)30)27-24(31)26(13-7-14-26)28-25(32)34-16-21-19-10-4-2-8-17(19)18-9-3-5-11-20(18)21/h2-5,8-11,21-22H,6-7,12-16H2,1H3,(H,27,31)(H,28,32)(H,29,30). The summed E-state index contributed by atoms with van der Waals surface area (Å²) in [5.74, 6) is -1.68. The first-order chi connectivity index (χ1) is 16.4. The topological polar surface area (TPSA) is 114 Å². The summed E-state index contributed by atoms with van der Waals surface area (Å²) in [5.41, 5.74) is 3.34. The summed E-state index contributed by atoms with van der Waals surface area (Å²) in [6.45, 7) is 0.551. The average molecular weight is 467 g/mol. The van der Waals surface area contributed by atoms with E-state index in [-0.39, 0.29) is 18.9 Å². The molecule has 1 saturated carbocycles. The van der Waals surface area contributed by atoms with Gasteiger partial charge in [0.25, 0.3) is 0 Å². The number of carboxylic acid groups (broad SMARTS) is 1. The summed E-state index contributed by atoms with van der Waals surface area (Å²) in [6, 6.07) is 15.1. The van der Waals surface area contributed by atoms with Crippen LogP contribution in [0.4, 0.5) is 4.79 Å². The van der Waals surface area contributed by atoms with E-state index in [2.05, 4.69) is 22.8 Å². The number of rotatable bonds is 10. The van der Waals surface area contributed by atoms with Gasteiger partial charge in [0.05, 0.1) is 0 Å². The van der Waals surface area contributed by atoms with Gasteiger partial charge < -0.3 is 25.2 Å². The summed E-state index contributed by atoms with van der Waals surface area (Å²) in [5, 5.41) is 14.8. The van der Waals surface area contributed by atoms with Gasteiger partial charge in [-0.3, -0.25) is 4.79 Å². The normalized spacial score (nSPS) is 16.5. The lowest BCUT2D eigenvalue weighted by Gasteiger charge is -2.40. The average Bonchev–Trinajstić information content (AvgIpc) is 3.13. The number of alkyl carbamates (subject to hydrolysis) is 1. The molecular formula is C26H30N2O6. The maximum absolute atomic E-state index is 12.9. The van der Waals surface area contributed by atoms with Crippen LogP contribution < -0.4 is 10.6 Å². The second-order valence-corrected chi connectivity index (χ2v) is 8.89. The van der Waals surface area contributed by atoms with Crippen LogP contribution in [0, 0.1) is 0 Å². The van der Waals surface area contributed by atoms with Crippen molar-refractivity contribution >= 4 is 18.0 Å². The first kappa shape index (κ1) is 23.8. The molecule has 4 rings (SSSR count). The summed E-state index contributed by atoms with van der Waals surface area (Å²) >= 11 is 0. The molecule has 1 fully saturated rings. The van der Waals surface area contributed by atoms with Crippen molar-refractivity contribution in [2.75, 3.05) is 20.3 Å². The molecule has 0 aliphatic heterocycles. The minimum absolute atomic E-state index is 0.0820. The molecule has 1 atom stereocenters. The van der Waals surface area contributed by atoms with Crippen LogP contribution in [0.3, 0.4) is 0 Å². The fraction of sp³-hybridized carbons (Fsp3) is 0.423. The molecular weight excluding hydrogens is 436 g/mol. The third kappa shape index (κ3) is 4.77. The van der Waals surface area contributed by atoms with Crippen LogP contribution in [0.5, 0.6) is 0 Å². The third-order valence-electron chi connectivity index (χ3n) is 6.77. The fourth-order valence-electron chi connectivity index (χ4n) is 4.75. The molecule has 2 aromatic carbocycles. The van der Waals surface area contributed by atoms with Gasteiger partial charge in [-0.15, -0.1) is 0 Å². The van der Waals surface area contributed by atoms with Gasteiger partial charge in [-0.1, -0.05) is 48.5 Å². The van der Waals surface area contributed by atoms with Crippen LogP contribution in [0.15, 0.2) is 48.5 Å². The van der Waals surface area contributed by atoms with Crippen molar-refractivity contribution in [3.63, 3.8) is 0 Å². The Balaban J connectivity index is 1.38. The lowest BCUT2D eigenvalue weighted by atomic mass is 9.76. The van der Waals surface area contributed by atoms with Crippen molar-refractivity contribution < 1.29 is 29.0 Å². The number of aliphatic carboxylic acids is 1. The van der Waals surface area contributed by atoms with Crippen molar-refractivity contribution in [1.82, 2.24) is 10.6 Å². The first-order valence-electron chi connectivity index (χ1n) is 11.6. The van der Waals surface area contributed by atoms with E-state index in [0.717, 1.165) is 28.7 Å². The predicted octanol–water partition coefficient (Wildman–Crippen LogP) is 3.44. The van der Waals surface area contributed by atoms with E-state index in [0.29, 0.717) is 25.9 Å². The van der Waals surface area contributed by atoms with Gasteiger partial charge in [0, 0.05) is 19.6 Å². The Morgan fingerprint density at radius 1 is 1.06 bits per heavy atom. The molecule has 2 aliphatic carbocycles. The van der Waals surface area contributed by atoms with Crippen molar-refractivity contribution in [3.8, 4) is 11.1 Å². The molecule has 3 N–H and O–H groups in total. The predicted molar refractivity (Wildman–Crippen MR) is 125 cm³/mol. The third-order valence-corrected chi connectivity index (χ3v) is 6.77. The van der Waals surface area contributed by atoms with Crippen molar-refractivity contribution in [1.29, 1.82) is 0 Å². The largest absolute Gasteiger partial charge is 0.480 e.